The standard InChI is InChI=1S/C62H36N8/c63-37-44-13-7-9-19-53(44)58-36-57(67-62(68-58)54-20-10-8-14-45(54)38-64)42-23-25-43(26-24-42)61-47(39-65)33-46(34-48(61)40-66)41-27-29-51(30-28-41)70-59-22-12-11-21-55(59)56-35-52(31-32-60(56)70)69(49-15-3-1-4-16-49)50-17-5-2-6-18-50/h1-36H. The zero-order valence-corrected chi connectivity index (χ0v) is 37.4. The van der Waals surface area contributed by atoms with Gasteiger partial charge < -0.3 is 9.47 Å². The van der Waals surface area contributed by atoms with E-state index in [9.17, 15) is 21.0 Å². The lowest BCUT2D eigenvalue weighted by atomic mass is 9.90. The van der Waals surface area contributed by atoms with E-state index in [0.717, 1.165) is 61.2 Å². The molecule has 2 heterocycles. The molecular weight excluding hydrogens is 857 g/mol. The third-order valence-electron chi connectivity index (χ3n) is 12.6. The molecule has 9 aromatic carbocycles. The summed E-state index contributed by atoms with van der Waals surface area (Å²) in [5.74, 6) is 0.349. The molecule has 2 aromatic heterocycles. The van der Waals surface area contributed by atoms with Gasteiger partial charge in [0.2, 0.25) is 0 Å². The number of anilines is 3. The maximum Gasteiger partial charge on any atom is 0.161 e. The van der Waals surface area contributed by atoms with Gasteiger partial charge in [0.15, 0.2) is 5.82 Å². The number of nitriles is 4. The van der Waals surface area contributed by atoms with Gasteiger partial charge in [-0.3, -0.25) is 0 Å². The van der Waals surface area contributed by atoms with Crippen molar-refractivity contribution in [1.29, 1.82) is 21.0 Å². The number of nitrogens with zero attached hydrogens (tertiary/aromatic N) is 8. The molecule has 0 aliphatic heterocycles. The van der Waals surface area contributed by atoms with Crippen LogP contribution >= 0.6 is 0 Å². The molecule has 11 rings (SSSR count). The highest BCUT2D eigenvalue weighted by Gasteiger charge is 2.20. The first-order chi connectivity index (χ1) is 34.5. The van der Waals surface area contributed by atoms with Crippen LogP contribution in [0.15, 0.2) is 218 Å². The molecule has 0 N–H and O–H groups in total. The van der Waals surface area contributed by atoms with E-state index in [-0.39, 0.29) is 0 Å². The van der Waals surface area contributed by atoms with E-state index >= 15 is 0 Å². The van der Waals surface area contributed by atoms with Gasteiger partial charge in [0.1, 0.15) is 0 Å². The van der Waals surface area contributed by atoms with E-state index in [4.69, 9.17) is 9.97 Å². The predicted molar refractivity (Wildman–Crippen MR) is 277 cm³/mol. The van der Waals surface area contributed by atoms with E-state index < -0.39 is 0 Å². The second-order valence-electron chi connectivity index (χ2n) is 16.6. The summed E-state index contributed by atoms with van der Waals surface area (Å²) in [6, 6.07) is 80.8. The summed E-state index contributed by atoms with van der Waals surface area (Å²) in [7, 11) is 0. The van der Waals surface area contributed by atoms with Crippen LogP contribution in [-0.2, 0) is 0 Å². The highest BCUT2D eigenvalue weighted by atomic mass is 15.1. The normalized spacial score (nSPS) is 10.8. The number of rotatable bonds is 9. The molecule has 0 amide bonds. The Morgan fingerprint density at radius 3 is 1.51 bits per heavy atom. The maximum absolute atomic E-state index is 10.6. The van der Waals surface area contributed by atoms with Crippen molar-refractivity contribution < 1.29 is 0 Å². The Balaban J connectivity index is 0.936. The van der Waals surface area contributed by atoms with Crippen LogP contribution in [-0.4, -0.2) is 14.5 Å². The first-order valence-electron chi connectivity index (χ1n) is 22.5. The average molecular weight is 893 g/mol. The molecule has 11 aromatic rings. The lowest BCUT2D eigenvalue weighted by Crippen LogP contribution is -2.09. The van der Waals surface area contributed by atoms with Crippen molar-refractivity contribution in [3.63, 3.8) is 0 Å². The Hall–Kier alpha value is -10.4. The molecule has 0 radical (unpaired) electrons. The Morgan fingerprint density at radius 1 is 0.357 bits per heavy atom. The number of benzene rings is 9. The van der Waals surface area contributed by atoms with Crippen molar-refractivity contribution in [2.24, 2.45) is 0 Å². The summed E-state index contributed by atoms with van der Waals surface area (Å²) in [6.07, 6.45) is 0. The van der Waals surface area contributed by atoms with Crippen LogP contribution in [0.3, 0.4) is 0 Å². The molecule has 0 saturated carbocycles. The van der Waals surface area contributed by atoms with Gasteiger partial charge in [-0.1, -0.05) is 121 Å². The number of hydrogen-bond acceptors (Lipinski definition) is 7. The molecule has 70 heavy (non-hydrogen) atoms. The van der Waals surface area contributed by atoms with Gasteiger partial charge in [-0.15, -0.1) is 0 Å². The van der Waals surface area contributed by atoms with Crippen LogP contribution in [0.2, 0.25) is 0 Å². The largest absolute Gasteiger partial charge is 0.310 e. The highest BCUT2D eigenvalue weighted by molar-refractivity contribution is 6.10. The lowest BCUT2D eigenvalue weighted by Gasteiger charge is -2.25. The Kier molecular flexibility index (Phi) is 10.9. The Bertz CT molecular complexity index is 3830. The van der Waals surface area contributed by atoms with Gasteiger partial charge in [0.25, 0.3) is 0 Å². The SMILES string of the molecule is N#Cc1ccccc1-c1cc(-c2ccc(-c3c(C#N)cc(-c4ccc(-n5c6ccccc6c6cc(N(c7ccccc7)c7ccccc7)ccc65)cc4)cc3C#N)cc2)nc(-c2ccccc2C#N)n1. The fourth-order valence-electron chi connectivity index (χ4n) is 9.32. The molecule has 0 aliphatic carbocycles. The van der Waals surface area contributed by atoms with E-state index in [1.165, 1.54) is 0 Å². The monoisotopic (exact) mass is 892 g/mol. The molecule has 0 saturated heterocycles. The van der Waals surface area contributed by atoms with Crippen molar-refractivity contribution in [2.75, 3.05) is 4.90 Å². The smallest absolute Gasteiger partial charge is 0.161 e. The van der Waals surface area contributed by atoms with Gasteiger partial charge in [0, 0.05) is 55.8 Å². The minimum atomic E-state index is 0.349. The third kappa shape index (κ3) is 7.63. The van der Waals surface area contributed by atoms with E-state index in [1.54, 1.807) is 30.3 Å². The van der Waals surface area contributed by atoms with Crippen molar-refractivity contribution in [1.82, 2.24) is 14.5 Å². The maximum atomic E-state index is 10.6. The Labute approximate surface area is 404 Å². The fourth-order valence-corrected chi connectivity index (χ4v) is 9.32. The molecule has 0 spiro atoms. The number of hydrogen-bond donors (Lipinski definition) is 0. The average Bonchev–Trinajstić information content (AvgIpc) is 3.76. The van der Waals surface area contributed by atoms with Gasteiger partial charge in [0.05, 0.1) is 69.0 Å². The summed E-state index contributed by atoms with van der Waals surface area (Å²) in [6.45, 7) is 0. The van der Waals surface area contributed by atoms with Gasteiger partial charge in [-0.2, -0.15) is 21.0 Å². The third-order valence-corrected chi connectivity index (χ3v) is 12.6. The molecule has 8 heteroatoms. The van der Waals surface area contributed by atoms with E-state index in [1.807, 2.05) is 84.9 Å². The van der Waals surface area contributed by atoms with Crippen LogP contribution in [0.5, 0.6) is 0 Å². The molecule has 0 bridgehead atoms. The van der Waals surface area contributed by atoms with Crippen molar-refractivity contribution in [2.45, 2.75) is 0 Å². The molecule has 0 unspecified atom stereocenters. The van der Waals surface area contributed by atoms with Gasteiger partial charge >= 0.3 is 0 Å². The minimum Gasteiger partial charge on any atom is -0.310 e. The quantitative estimate of drug-likeness (QED) is 0.141. The number of aromatic nitrogens is 3. The minimum absolute atomic E-state index is 0.349. The Morgan fingerprint density at radius 2 is 0.871 bits per heavy atom. The summed E-state index contributed by atoms with van der Waals surface area (Å²) in [5.41, 5.74) is 13.9. The summed E-state index contributed by atoms with van der Waals surface area (Å²) in [4.78, 5) is 12.0. The van der Waals surface area contributed by atoms with Gasteiger partial charge in [-0.25, -0.2) is 9.97 Å². The van der Waals surface area contributed by atoms with E-state index in [2.05, 4.69) is 137 Å². The first kappa shape index (κ1) is 42.3. The molecule has 8 nitrogen and oxygen atoms in total. The van der Waals surface area contributed by atoms with E-state index in [0.29, 0.717) is 61.7 Å². The van der Waals surface area contributed by atoms with Crippen LogP contribution < -0.4 is 4.90 Å². The molecule has 0 fully saturated rings. The van der Waals surface area contributed by atoms with Crippen LogP contribution in [0, 0.1) is 45.3 Å². The predicted octanol–water partition coefficient (Wildman–Crippen LogP) is 14.9. The van der Waals surface area contributed by atoms with Crippen molar-refractivity contribution >= 4 is 38.9 Å². The number of fused-ring (bicyclic) bond motifs is 3. The second kappa shape index (κ2) is 18.1. The molecule has 0 atom stereocenters. The van der Waals surface area contributed by atoms with Gasteiger partial charge in [-0.05, 0) is 114 Å². The molecular formula is C62H36N8. The first-order valence-corrected chi connectivity index (χ1v) is 22.5. The van der Waals surface area contributed by atoms with Crippen molar-refractivity contribution in [3.05, 3.63) is 241 Å². The van der Waals surface area contributed by atoms with Crippen LogP contribution in [0.1, 0.15) is 22.3 Å². The topological polar surface area (TPSA) is 129 Å². The van der Waals surface area contributed by atoms with Crippen molar-refractivity contribution in [3.8, 4) is 86.1 Å². The summed E-state index contributed by atoms with van der Waals surface area (Å²) in [5, 5.41) is 43.3. The summed E-state index contributed by atoms with van der Waals surface area (Å²) < 4.78 is 2.28. The highest BCUT2D eigenvalue weighted by Crippen LogP contribution is 2.41. The molecule has 0 aliphatic rings. The zero-order chi connectivity index (χ0) is 47.6. The zero-order valence-electron chi connectivity index (χ0n) is 37.4. The van der Waals surface area contributed by atoms with Crippen LogP contribution in [0.4, 0.5) is 17.1 Å². The fraction of sp³-hybridized carbons (Fsp3) is 0. The number of para-hydroxylation sites is 3. The lowest BCUT2D eigenvalue weighted by molar-refractivity contribution is 1.18. The van der Waals surface area contributed by atoms with Crippen LogP contribution in [0.25, 0.3) is 83.6 Å². The molecule has 324 valence electrons. The summed E-state index contributed by atoms with van der Waals surface area (Å²) >= 11 is 0. The second-order valence-corrected chi connectivity index (χ2v) is 16.6.